The number of aromatic nitrogens is 1. The second-order valence-corrected chi connectivity index (χ2v) is 4.87. The SMILES string of the molecule is CC(=O)C(c1ccc(C(F)(F)F)cc1)c1cccc(C)n1. The van der Waals surface area contributed by atoms with Crippen LogP contribution in [0.4, 0.5) is 13.2 Å². The molecular weight excluding hydrogens is 279 g/mol. The first-order valence-electron chi connectivity index (χ1n) is 6.40. The minimum Gasteiger partial charge on any atom is -0.299 e. The molecule has 2 nitrogen and oxygen atoms in total. The Labute approximate surface area is 120 Å². The third-order valence-electron chi connectivity index (χ3n) is 3.18. The average Bonchev–Trinajstić information content (AvgIpc) is 2.38. The third kappa shape index (κ3) is 3.48. The summed E-state index contributed by atoms with van der Waals surface area (Å²) in [5.74, 6) is -0.806. The lowest BCUT2D eigenvalue weighted by Gasteiger charge is -2.15. The van der Waals surface area contributed by atoms with Crippen LogP contribution < -0.4 is 0 Å². The van der Waals surface area contributed by atoms with Crippen molar-refractivity contribution >= 4 is 5.78 Å². The van der Waals surface area contributed by atoms with E-state index in [2.05, 4.69) is 4.98 Å². The van der Waals surface area contributed by atoms with Crippen LogP contribution in [0.2, 0.25) is 0 Å². The zero-order chi connectivity index (χ0) is 15.6. The molecule has 0 saturated carbocycles. The van der Waals surface area contributed by atoms with Crippen molar-refractivity contribution in [2.75, 3.05) is 0 Å². The smallest absolute Gasteiger partial charge is 0.299 e. The van der Waals surface area contributed by atoms with Crippen LogP contribution in [0.15, 0.2) is 42.5 Å². The molecule has 2 rings (SSSR count). The highest BCUT2D eigenvalue weighted by atomic mass is 19.4. The van der Waals surface area contributed by atoms with E-state index in [0.717, 1.165) is 17.8 Å². The van der Waals surface area contributed by atoms with Crippen molar-refractivity contribution in [1.82, 2.24) is 4.98 Å². The highest BCUT2D eigenvalue weighted by molar-refractivity contribution is 5.86. The number of hydrogen-bond acceptors (Lipinski definition) is 2. The Morgan fingerprint density at radius 1 is 1.10 bits per heavy atom. The fourth-order valence-corrected chi connectivity index (χ4v) is 2.20. The van der Waals surface area contributed by atoms with Gasteiger partial charge in [0.05, 0.1) is 17.2 Å². The normalized spacial score (nSPS) is 13.0. The average molecular weight is 293 g/mol. The maximum Gasteiger partial charge on any atom is 0.416 e. The third-order valence-corrected chi connectivity index (χ3v) is 3.18. The monoisotopic (exact) mass is 293 g/mol. The van der Waals surface area contributed by atoms with E-state index < -0.39 is 17.7 Å². The van der Waals surface area contributed by atoms with Gasteiger partial charge in [0, 0.05) is 5.69 Å². The zero-order valence-electron chi connectivity index (χ0n) is 11.6. The molecule has 0 aliphatic heterocycles. The van der Waals surface area contributed by atoms with Gasteiger partial charge >= 0.3 is 6.18 Å². The Bertz CT molecular complexity index is 647. The Kier molecular flexibility index (Phi) is 4.11. The van der Waals surface area contributed by atoms with Crippen LogP contribution in [-0.2, 0) is 11.0 Å². The summed E-state index contributed by atoms with van der Waals surface area (Å²) in [6, 6.07) is 9.92. The lowest BCUT2D eigenvalue weighted by atomic mass is 9.91. The van der Waals surface area contributed by atoms with Crippen molar-refractivity contribution in [3.05, 3.63) is 65.0 Å². The molecule has 2 aromatic rings. The molecule has 0 aliphatic carbocycles. The van der Waals surface area contributed by atoms with Gasteiger partial charge in [0.15, 0.2) is 0 Å². The van der Waals surface area contributed by atoms with E-state index in [4.69, 9.17) is 0 Å². The topological polar surface area (TPSA) is 30.0 Å². The fourth-order valence-electron chi connectivity index (χ4n) is 2.20. The van der Waals surface area contributed by atoms with Gasteiger partial charge in [-0.25, -0.2) is 0 Å². The summed E-state index contributed by atoms with van der Waals surface area (Å²) in [6.45, 7) is 3.21. The van der Waals surface area contributed by atoms with Crippen LogP contribution >= 0.6 is 0 Å². The number of halogens is 3. The van der Waals surface area contributed by atoms with Gasteiger partial charge in [0.1, 0.15) is 5.78 Å². The highest BCUT2D eigenvalue weighted by Gasteiger charge is 2.30. The maximum atomic E-state index is 12.6. The molecule has 5 heteroatoms. The van der Waals surface area contributed by atoms with Gasteiger partial charge < -0.3 is 0 Å². The van der Waals surface area contributed by atoms with Gasteiger partial charge in [0.25, 0.3) is 0 Å². The lowest BCUT2D eigenvalue weighted by Crippen LogP contribution is -2.13. The summed E-state index contributed by atoms with van der Waals surface area (Å²) >= 11 is 0. The van der Waals surface area contributed by atoms with Crippen molar-refractivity contribution in [2.24, 2.45) is 0 Å². The first-order valence-corrected chi connectivity index (χ1v) is 6.40. The van der Waals surface area contributed by atoms with Crippen LogP contribution in [0, 0.1) is 6.92 Å². The second-order valence-electron chi connectivity index (χ2n) is 4.87. The van der Waals surface area contributed by atoms with Crippen LogP contribution in [0.5, 0.6) is 0 Å². The molecule has 1 unspecified atom stereocenters. The van der Waals surface area contributed by atoms with Crippen molar-refractivity contribution in [1.29, 1.82) is 0 Å². The molecule has 0 bridgehead atoms. The van der Waals surface area contributed by atoms with Crippen LogP contribution in [0.25, 0.3) is 0 Å². The van der Waals surface area contributed by atoms with Crippen molar-refractivity contribution in [3.63, 3.8) is 0 Å². The summed E-state index contributed by atoms with van der Waals surface area (Å²) < 4.78 is 37.7. The summed E-state index contributed by atoms with van der Waals surface area (Å²) in [5, 5.41) is 0. The molecular formula is C16H14F3NO. The Hall–Kier alpha value is -2.17. The molecule has 0 fully saturated rings. The minimum absolute atomic E-state index is 0.159. The number of carbonyl (C=O) groups is 1. The van der Waals surface area contributed by atoms with Gasteiger partial charge in [-0.3, -0.25) is 9.78 Å². The van der Waals surface area contributed by atoms with E-state index in [1.54, 1.807) is 25.1 Å². The van der Waals surface area contributed by atoms with Crippen LogP contribution in [0.3, 0.4) is 0 Å². The van der Waals surface area contributed by atoms with Crippen molar-refractivity contribution in [2.45, 2.75) is 25.9 Å². The number of ketones is 1. The van der Waals surface area contributed by atoms with E-state index in [0.29, 0.717) is 11.3 Å². The molecule has 1 aromatic carbocycles. The van der Waals surface area contributed by atoms with Gasteiger partial charge in [-0.2, -0.15) is 13.2 Å². The zero-order valence-corrected chi connectivity index (χ0v) is 11.6. The molecule has 0 saturated heterocycles. The van der Waals surface area contributed by atoms with E-state index >= 15 is 0 Å². The summed E-state index contributed by atoms with van der Waals surface area (Å²) in [4.78, 5) is 16.2. The molecule has 0 spiro atoms. The summed E-state index contributed by atoms with van der Waals surface area (Å²) in [7, 11) is 0. The molecule has 21 heavy (non-hydrogen) atoms. The standard InChI is InChI=1S/C16H14F3NO/c1-10-4-3-5-14(20-10)15(11(2)21)12-6-8-13(9-7-12)16(17,18)19/h3-9,15H,1-2H3. The predicted molar refractivity (Wildman–Crippen MR) is 72.9 cm³/mol. The second kappa shape index (κ2) is 5.68. The number of pyridine rings is 1. The highest BCUT2D eigenvalue weighted by Crippen LogP contribution is 2.31. The number of Topliss-reactive ketones (excluding diaryl/α,β-unsaturated/α-hetero) is 1. The number of nitrogens with zero attached hydrogens (tertiary/aromatic N) is 1. The Morgan fingerprint density at radius 2 is 1.71 bits per heavy atom. The van der Waals surface area contributed by atoms with Gasteiger partial charge in [0.2, 0.25) is 0 Å². The van der Waals surface area contributed by atoms with Gasteiger partial charge in [-0.05, 0) is 43.7 Å². The van der Waals surface area contributed by atoms with Gasteiger partial charge in [-0.1, -0.05) is 18.2 Å². The first-order chi connectivity index (χ1) is 9.79. The molecule has 0 radical (unpaired) electrons. The number of alkyl halides is 3. The molecule has 1 aromatic heterocycles. The number of aryl methyl sites for hydroxylation is 1. The van der Waals surface area contributed by atoms with Crippen molar-refractivity contribution < 1.29 is 18.0 Å². The van der Waals surface area contributed by atoms with E-state index in [1.807, 2.05) is 0 Å². The molecule has 0 N–H and O–H groups in total. The van der Waals surface area contributed by atoms with E-state index in [1.165, 1.54) is 19.1 Å². The van der Waals surface area contributed by atoms with Crippen LogP contribution in [0.1, 0.15) is 35.4 Å². The van der Waals surface area contributed by atoms with Crippen LogP contribution in [-0.4, -0.2) is 10.8 Å². The number of hydrogen-bond donors (Lipinski definition) is 0. The quantitative estimate of drug-likeness (QED) is 0.851. The number of carbonyl (C=O) groups excluding carboxylic acids is 1. The van der Waals surface area contributed by atoms with Gasteiger partial charge in [-0.15, -0.1) is 0 Å². The van der Waals surface area contributed by atoms with Crippen molar-refractivity contribution in [3.8, 4) is 0 Å². The molecule has 110 valence electrons. The van der Waals surface area contributed by atoms with E-state index in [9.17, 15) is 18.0 Å². The molecule has 0 aliphatic rings. The fraction of sp³-hybridized carbons (Fsp3) is 0.250. The number of rotatable bonds is 3. The summed E-state index contributed by atoms with van der Waals surface area (Å²) in [5.41, 5.74) is 1.08. The lowest BCUT2D eigenvalue weighted by molar-refractivity contribution is -0.137. The molecule has 1 atom stereocenters. The molecule has 0 amide bonds. The Morgan fingerprint density at radius 3 is 2.19 bits per heavy atom. The van der Waals surface area contributed by atoms with E-state index in [-0.39, 0.29) is 5.78 Å². The minimum atomic E-state index is -4.38. The Balaban J connectivity index is 2.42. The number of benzene rings is 1. The largest absolute Gasteiger partial charge is 0.416 e. The predicted octanol–water partition coefficient (Wildman–Crippen LogP) is 4.13. The first kappa shape index (κ1) is 15.2. The molecule has 1 heterocycles. The maximum absolute atomic E-state index is 12.6. The summed E-state index contributed by atoms with van der Waals surface area (Å²) in [6.07, 6.45) is -4.38.